The fraction of sp³-hybridized carbons (Fsp3) is 0.588. The van der Waals surface area contributed by atoms with Crippen molar-refractivity contribution in [1.82, 2.24) is 4.90 Å². The molecule has 0 spiro atoms. The second-order valence-electron chi connectivity index (χ2n) is 5.53. The van der Waals surface area contributed by atoms with Gasteiger partial charge in [-0.15, -0.1) is 11.8 Å². The molecular formula is C17H25NO2S. The first-order valence-corrected chi connectivity index (χ1v) is 8.65. The van der Waals surface area contributed by atoms with E-state index in [9.17, 15) is 4.79 Å². The quantitative estimate of drug-likeness (QED) is 0.771. The van der Waals surface area contributed by atoms with Gasteiger partial charge in [0.1, 0.15) is 5.75 Å². The third kappa shape index (κ3) is 4.16. The van der Waals surface area contributed by atoms with Crippen LogP contribution in [0.4, 0.5) is 0 Å². The van der Waals surface area contributed by atoms with Crippen molar-refractivity contribution < 1.29 is 9.53 Å². The number of likely N-dealkylation sites (tertiary alicyclic amines) is 1. The molecule has 3 nitrogen and oxygen atoms in total. The molecule has 1 fully saturated rings. The van der Waals surface area contributed by atoms with Crippen molar-refractivity contribution in [1.29, 1.82) is 0 Å². The first kappa shape index (κ1) is 16.2. The standard InChI is InChI=1S/C17H25NO2S/c1-4-14-7-5-6-12-18(14)17(19)13(2)21-16-10-8-15(20-3)9-11-16/h8-11,13-14H,4-7,12H2,1-3H3. The van der Waals surface area contributed by atoms with Gasteiger partial charge in [0.25, 0.3) is 0 Å². The van der Waals surface area contributed by atoms with Gasteiger partial charge in [0.15, 0.2) is 0 Å². The van der Waals surface area contributed by atoms with Crippen LogP contribution in [0.1, 0.15) is 39.5 Å². The monoisotopic (exact) mass is 307 g/mol. The van der Waals surface area contributed by atoms with Crippen molar-refractivity contribution in [2.45, 2.75) is 55.7 Å². The van der Waals surface area contributed by atoms with Crippen molar-refractivity contribution in [3.05, 3.63) is 24.3 Å². The predicted octanol–water partition coefficient (Wildman–Crippen LogP) is 3.97. The normalized spacial score (nSPS) is 20.1. The molecule has 1 saturated heterocycles. The molecule has 1 aromatic carbocycles. The number of piperidine rings is 1. The molecule has 1 aromatic rings. The van der Waals surface area contributed by atoms with Gasteiger partial charge >= 0.3 is 0 Å². The Morgan fingerprint density at radius 1 is 1.38 bits per heavy atom. The van der Waals surface area contributed by atoms with Crippen LogP contribution in [0.3, 0.4) is 0 Å². The molecule has 0 saturated carbocycles. The van der Waals surface area contributed by atoms with Gasteiger partial charge in [-0.3, -0.25) is 4.79 Å². The maximum absolute atomic E-state index is 12.7. The topological polar surface area (TPSA) is 29.5 Å². The Kier molecular flexibility index (Phi) is 5.97. The maximum atomic E-state index is 12.7. The molecule has 2 atom stereocenters. The summed E-state index contributed by atoms with van der Waals surface area (Å²) >= 11 is 1.63. The van der Waals surface area contributed by atoms with E-state index in [4.69, 9.17) is 4.74 Å². The number of carbonyl (C=O) groups excluding carboxylic acids is 1. The van der Waals surface area contributed by atoms with E-state index in [-0.39, 0.29) is 11.2 Å². The van der Waals surface area contributed by atoms with Crippen LogP contribution in [-0.2, 0) is 4.79 Å². The number of methoxy groups -OCH3 is 1. The van der Waals surface area contributed by atoms with Crippen LogP contribution < -0.4 is 4.74 Å². The highest BCUT2D eigenvalue weighted by Gasteiger charge is 2.28. The minimum Gasteiger partial charge on any atom is -0.497 e. The summed E-state index contributed by atoms with van der Waals surface area (Å²) in [5.41, 5.74) is 0. The van der Waals surface area contributed by atoms with Gasteiger partial charge in [0, 0.05) is 17.5 Å². The fourth-order valence-electron chi connectivity index (χ4n) is 2.86. The fourth-order valence-corrected chi connectivity index (χ4v) is 3.80. The SMILES string of the molecule is CCC1CCCCN1C(=O)C(C)Sc1ccc(OC)cc1. The minimum atomic E-state index is -0.0365. The lowest BCUT2D eigenvalue weighted by Crippen LogP contribution is -2.46. The summed E-state index contributed by atoms with van der Waals surface area (Å²) in [6.07, 6.45) is 4.61. The second-order valence-corrected chi connectivity index (χ2v) is 6.94. The zero-order valence-corrected chi connectivity index (χ0v) is 14.0. The van der Waals surface area contributed by atoms with E-state index in [1.807, 2.05) is 31.2 Å². The first-order chi connectivity index (χ1) is 10.2. The van der Waals surface area contributed by atoms with Crippen LogP contribution in [0.2, 0.25) is 0 Å². The van der Waals surface area contributed by atoms with Gasteiger partial charge in [-0.05, 0) is 56.9 Å². The summed E-state index contributed by atoms with van der Waals surface area (Å²) in [6.45, 7) is 5.11. The van der Waals surface area contributed by atoms with Gasteiger partial charge < -0.3 is 9.64 Å². The summed E-state index contributed by atoms with van der Waals surface area (Å²) in [6, 6.07) is 8.34. The number of nitrogens with zero attached hydrogens (tertiary/aromatic N) is 1. The molecular weight excluding hydrogens is 282 g/mol. The average Bonchev–Trinajstić information content (AvgIpc) is 2.54. The predicted molar refractivity (Wildman–Crippen MR) is 88.0 cm³/mol. The summed E-state index contributed by atoms with van der Waals surface area (Å²) in [7, 11) is 1.66. The number of benzene rings is 1. The van der Waals surface area contributed by atoms with E-state index in [0.717, 1.165) is 36.5 Å². The van der Waals surface area contributed by atoms with Crippen molar-refractivity contribution in [2.24, 2.45) is 0 Å². The van der Waals surface area contributed by atoms with Gasteiger partial charge in [0.05, 0.1) is 12.4 Å². The minimum absolute atomic E-state index is 0.0365. The molecule has 2 unspecified atom stereocenters. The largest absolute Gasteiger partial charge is 0.497 e. The van der Waals surface area contributed by atoms with E-state index in [1.165, 1.54) is 6.42 Å². The highest BCUT2D eigenvalue weighted by Crippen LogP contribution is 2.28. The molecule has 116 valence electrons. The highest BCUT2D eigenvalue weighted by molar-refractivity contribution is 8.00. The third-order valence-electron chi connectivity index (χ3n) is 4.10. The number of amides is 1. The summed E-state index contributed by atoms with van der Waals surface area (Å²) in [5.74, 6) is 1.13. The van der Waals surface area contributed by atoms with E-state index < -0.39 is 0 Å². The number of hydrogen-bond donors (Lipinski definition) is 0. The lowest BCUT2D eigenvalue weighted by Gasteiger charge is -2.36. The molecule has 1 heterocycles. The van der Waals surface area contributed by atoms with Crippen molar-refractivity contribution in [3.63, 3.8) is 0 Å². The lowest BCUT2D eigenvalue weighted by atomic mass is 10.00. The number of ether oxygens (including phenoxy) is 1. The van der Waals surface area contributed by atoms with Crippen molar-refractivity contribution >= 4 is 17.7 Å². The van der Waals surface area contributed by atoms with Crippen LogP contribution in [0.5, 0.6) is 5.75 Å². The maximum Gasteiger partial charge on any atom is 0.236 e. The van der Waals surface area contributed by atoms with E-state index >= 15 is 0 Å². The van der Waals surface area contributed by atoms with Crippen LogP contribution >= 0.6 is 11.8 Å². The third-order valence-corrected chi connectivity index (χ3v) is 5.20. The summed E-state index contributed by atoms with van der Waals surface area (Å²) in [4.78, 5) is 15.9. The Morgan fingerprint density at radius 3 is 2.71 bits per heavy atom. The van der Waals surface area contributed by atoms with Gasteiger partial charge in [-0.1, -0.05) is 6.92 Å². The lowest BCUT2D eigenvalue weighted by molar-refractivity contribution is -0.134. The molecule has 0 bridgehead atoms. The van der Waals surface area contributed by atoms with Crippen molar-refractivity contribution in [3.8, 4) is 5.75 Å². The Morgan fingerprint density at radius 2 is 2.10 bits per heavy atom. The molecule has 0 aromatic heterocycles. The Bertz CT molecular complexity index is 460. The molecule has 21 heavy (non-hydrogen) atoms. The number of hydrogen-bond acceptors (Lipinski definition) is 3. The van der Waals surface area contributed by atoms with Crippen LogP contribution in [0.15, 0.2) is 29.2 Å². The van der Waals surface area contributed by atoms with Crippen LogP contribution in [0.25, 0.3) is 0 Å². The zero-order chi connectivity index (χ0) is 15.2. The van der Waals surface area contributed by atoms with Crippen LogP contribution in [0, 0.1) is 0 Å². The molecule has 2 rings (SSSR count). The molecule has 4 heteroatoms. The number of rotatable bonds is 5. The molecule has 1 aliphatic heterocycles. The summed E-state index contributed by atoms with van der Waals surface area (Å²) < 4.78 is 5.16. The second kappa shape index (κ2) is 7.74. The highest BCUT2D eigenvalue weighted by atomic mass is 32.2. The Labute approximate surface area is 132 Å². The van der Waals surface area contributed by atoms with E-state index in [0.29, 0.717) is 6.04 Å². The van der Waals surface area contributed by atoms with Gasteiger partial charge in [-0.25, -0.2) is 0 Å². The Balaban J connectivity index is 1.97. The van der Waals surface area contributed by atoms with E-state index in [1.54, 1.807) is 18.9 Å². The summed E-state index contributed by atoms with van der Waals surface area (Å²) in [5, 5.41) is -0.0365. The smallest absolute Gasteiger partial charge is 0.236 e. The van der Waals surface area contributed by atoms with Crippen molar-refractivity contribution in [2.75, 3.05) is 13.7 Å². The average molecular weight is 307 g/mol. The van der Waals surface area contributed by atoms with Crippen LogP contribution in [-0.4, -0.2) is 35.8 Å². The molecule has 0 N–H and O–H groups in total. The molecule has 1 amide bonds. The first-order valence-electron chi connectivity index (χ1n) is 7.77. The molecule has 0 radical (unpaired) electrons. The van der Waals surface area contributed by atoms with Gasteiger partial charge in [0.2, 0.25) is 5.91 Å². The number of carbonyl (C=O) groups is 1. The molecule has 0 aliphatic carbocycles. The number of thioether (sulfide) groups is 1. The Hall–Kier alpha value is -1.16. The van der Waals surface area contributed by atoms with Gasteiger partial charge in [-0.2, -0.15) is 0 Å². The zero-order valence-electron chi connectivity index (χ0n) is 13.2. The molecule has 1 aliphatic rings. The van der Waals surface area contributed by atoms with E-state index in [2.05, 4.69) is 11.8 Å².